The summed E-state index contributed by atoms with van der Waals surface area (Å²) in [6.07, 6.45) is 5.06. The smallest absolute Gasteiger partial charge is 0.178 e. The molecule has 0 fully saturated rings. The van der Waals surface area contributed by atoms with Crippen molar-refractivity contribution in [1.29, 1.82) is 0 Å². The fourth-order valence-corrected chi connectivity index (χ4v) is 2.80. The van der Waals surface area contributed by atoms with E-state index in [4.69, 9.17) is 0 Å². The average Bonchev–Trinajstić information content (AvgIpc) is 2.57. The van der Waals surface area contributed by atoms with E-state index in [1.807, 2.05) is 60.7 Å². The topological polar surface area (TPSA) is 20.2 Å². The molecule has 1 aliphatic rings. The molecule has 1 heteroatoms. The zero-order valence-corrected chi connectivity index (χ0v) is 12.8. The lowest BCUT2D eigenvalue weighted by Gasteiger charge is -2.38. The summed E-state index contributed by atoms with van der Waals surface area (Å²) in [7, 11) is 0. The fourth-order valence-electron chi connectivity index (χ4n) is 2.80. The Morgan fingerprint density at radius 2 is 1.77 bits per heavy atom. The van der Waals surface area contributed by atoms with Gasteiger partial charge in [-0.2, -0.15) is 0 Å². The molecule has 0 saturated heterocycles. The minimum Gasteiger partial charge on any atom is -0.369 e. The zero-order valence-electron chi connectivity index (χ0n) is 12.8. The lowest BCUT2D eigenvalue weighted by Crippen LogP contribution is -2.35. The van der Waals surface area contributed by atoms with Crippen molar-refractivity contribution in [3.63, 3.8) is 0 Å². The van der Waals surface area contributed by atoms with Crippen LogP contribution >= 0.6 is 0 Å². The first-order chi connectivity index (χ1) is 10.8. The van der Waals surface area contributed by atoms with Crippen LogP contribution in [0.25, 0.3) is 11.6 Å². The molecule has 0 aliphatic heterocycles. The summed E-state index contributed by atoms with van der Waals surface area (Å²) in [5.74, 6) is 6.24. The van der Waals surface area contributed by atoms with Crippen molar-refractivity contribution in [1.82, 2.24) is 0 Å². The summed E-state index contributed by atoms with van der Waals surface area (Å²) in [6.45, 7) is 2.15. The number of rotatable bonds is 3. The summed E-state index contributed by atoms with van der Waals surface area (Å²) in [5.41, 5.74) is 2.87. The van der Waals surface area contributed by atoms with Gasteiger partial charge >= 0.3 is 0 Å². The lowest BCUT2D eigenvalue weighted by atomic mass is 9.68. The minimum absolute atomic E-state index is 0.833. The molecule has 0 spiro atoms. The van der Waals surface area contributed by atoms with Crippen molar-refractivity contribution in [2.75, 3.05) is 0 Å². The van der Waals surface area contributed by atoms with Crippen molar-refractivity contribution in [2.24, 2.45) is 0 Å². The van der Waals surface area contributed by atoms with Gasteiger partial charge in [-0.05, 0) is 23.6 Å². The maximum atomic E-state index is 11.0. The SMILES string of the molecule is CCCCC#CC1(O)/C(=C/c2ccccc2)c2ccccc21. The van der Waals surface area contributed by atoms with E-state index in [0.717, 1.165) is 41.5 Å². The Labute approximate surface area is 132 Å². The van der Waals surface area contributed by atoms with Gasteiger partial charge in [-0.25, -0.2) is 0 Å². The van der Waals surface area contributed by atoms with E-state index in [9.17, 15) is 5.11 Å². The van der Waals surface area contributed by atoms with Crippen molar-refractivity contribution >= 4 is 11.6 Å². The summed E-state index contributed by atoms with van der Waals surface area (Å²) < 4.78 is 0. The Bertz CT molecular complexity index is 746. The van der Waals surface area contributed by atoms with Crippen molar-refractivity contribution in [2.45, 2.75) is 31.8 Å². The maximum absolute atomic E-state index is 11.0. The number of hydrogen-bond donors (Lipinski definition) is 1. The quantitative estimate of drug-likeness (QED) is 0.645. The van der Waals surface area contributed by atoms with Crippen LogP contribution in [-0.2, 0) is 5.60 Å². The molecule has 0 heterocycles. The van der Waals surface area contributed by atoms with E-state index in [1.165, 1.54) is 0 Å². The van der Waals surface area contributed by atoms with E-state index in [-0.39, 0.29) is 0 Å². The molecular formula is C21H20O. The third kappa shape index (κ3) is 2.58. The second-order valence-electron chi connectivity index (χ2n) is 5.63. The molecular weight excluding hydrogens is 268 g/mol. The molecule has 0 radical (unpaired) electrons. The standard InChI is InChI=1S/C21H20O/c1-2-3-4-10-15-21(22)19-14-9-8-13-18(19)20(21)16-17-11-6-5-7-12-17/h5-9,11-14,16,22H,2-4H2,1H3/b20-16+. The molecule has 110 valence electrons. The van der Waals surface area contributed by atoms with Gasteiger partial charge in [0.15, 0.2) is 5.60 Å². The molecule has 2 aromatic carbocycles. The molecule has 0 saturated carbocycles. The number of fused-ring (bicyclic) bond motifs is 1. The van der Waals surface area contributed by atoms with Gasteiger partial charge < -0.3 is 5.11 Å². The fraction of sp³-hybridized carbons (Fsp3) is 0.238. The molecule has 1 aliphatic carbocycles. The summed E-state index contributed by atoms with van der Waals surface area (Å²) >= 11 is 0. The number of aliphatic hydroxyl groups is 1. The normalized spacial score (nSPS) is 20.7. The second kappa shape index (κ2) is 6.22. The first kappa shape index (κ1) is 14.6. The van der Waals surface area contributed by atoms with E-state index in [1.54, 1.807) is 0 Å². The van der Waals surface area contributed by atoms with Crippen LogP contribution in [0.2, 0.25) is 0 Å². The Hall–Kier alpha value is -2.30. The number of hydrogen-bond acceptors (Lipinski definition) is 1. The van der Waals surface area contributed by atoms with Gasteiger partial charge in [0.25, 0.3) is 0 Å². The minimum atomic E-state index is -1.12. The van der Waals surface area contributed by atoms with Gasteiger partial charge in [-0.3, -0.25) is 0 Å². The largest absolute Gasteiger partial charge is 0.369 e. The third-order valence-corrected chi connectivity index (χ3v) is 4.03. The van der Waals surface area contributed by atoms with Gasteiger partial charge in [0.05, 0.1) is 0 Å². The van der Waals surface area contributed by atoms with Crippen molar-refractivity contribution in [3.8, 4) is 11.8 Å². The van der Waals surface area contributed by atoms with Gasteiger partial charge in [-0.15, -0.1) is 0 Å². The molecule has 2 aromatic rings. The first-order valence-electron chi connectivity index (χ1n) is 7.85. The molecule has 3 rings (SSSR count). The van der Waals surface area contributed by atoms with Gasteiger partial charge in [-0.1, -0.05) is 79.8 Å². The van der Waals surface area contributed by atoms with Crippen molar-refractivity contribution in [3.05, 3.63) is 71.3 Å². The van der Waals surface area contributed by atoms with Gasteiger partial charge in [0, 0.05) is 17.6 Å². The molecule has 22 heavy (non-hydrogen) atoms. The van der Waals surface area contributed by atoms with Gasteiger partial charge in [0.1, 0.15) is 0 Å². The average molecular weight is 288 g/mol. The van der Waals surface area contributed by atoms with Gasteiger partial charge in [0.2, 0.25) is 0 Å². The monoisotopic (exact) mass is 288 g/mol. The Morgan fingerprint density at radius 1 is 1.05 bits per heavy atom. The first-order valence-corrected chi connectivity index (χ1v) is 7.85. The third-order valence-electron chi connectivity index (χ3n) is 4.03. The van der Waals surface area contributed by atoms with Crippen LogP contribution in [-0.4, -0.2) is 5.11 Å². The van der Waals surface area contributed by atoms with E-state index < -0.39 is 5.60 Å². The maximum Gasteiger partial charge on any atom is 0.178 e. The summed E-state index contributed by atoms with van der Waals surface area (Å²) in [5, 5.41) is 11.0. The molecule has 0 bridgehead atoms. The molecule has 1 atom stereocenters. The van der Waals surface area contributed by atoms with Crippen LogP contribution < -0.4 is 0 Å². The predicted molar refractivity (Wildman–Crippen MR) is 92.0 cm³/mol. The summed E-state index contributed by atoms with van der Waals surface area (Å²) in [4.78, 5) is 0. The molecule has 1 nitrogen and oxygen atoms in total. The van der Waals surface area contributed by atoms with Crippen LogP contribution in [0.15, 0.2) is 54.6 Å². The molecule has 0 aromatic heterocycles. The highest BCUT2D eigenvalue weighted by Gasteiger charge is 2.44. The van der Waals surface area contributed by atoms with Crippen LogP contribution in [0.4, 0.5) is 0 Å². The van der Waals surface area contributed by atoms with Crippen LogP contribution in [0.1, 0.15) is 42.9 Å². The predicted octanol–water partition coefficient (Wildman–Crippen LogP) is 4.62. The van der Waals surface area contributed by atoms with Crippen LogP contribution in [0.3, 0.4) is 0 Å². The Kier molecular flexibility index (Phi) is 4.13. The Balaban J connectivity index is 2.00. The van der Waals surface area contributed by atoms with E-state index in [0.29, 0.717) is 0 Å². The van der Waals surface area contributed by atoms with E-state index >= 15 is 0 Å². The Morgan fingerprint density at radius 3 is 2.55 bits per heavy atom. The number of unbranched alkanes of at least 4 members (excludes halogenated alkanes) is 2. The second-order valence-corrected chi connectivity index (χ2v) is 5.63. The lowest BCUT2D eigenvalue weighted by molar-refractivity contribution is 0.151. The molecule has 1 unspecified atom stereocenters. The number of benzene rings is 2. The van der Waals surface area contributed by atoms with Crippen molar-refractivity contribution < 1.29 is 5.11 Å². The zero-order chi connectivity index (χ0) is 15.4. The van der Waals surface area contributed by atoms with E-state index in [2.05, 4.69) is 18.8 Å². The van der Waals surface area contributed by atoms with Crippen LogP contribution in [0, 0.1) is 11.8 Å². The highest BCUT2D eigenvalue weighted by atomic mass is 16.3. The highest BCUT2D eigenvalue weighted by Crippen LogP contribution is 2.49. The van der Waals surface area contributed by atoms with Crippen LogP contribution in [0.5, 0.6) is 0 Å². The molecule has 1 N–H and O–H groups in total. The highest BCUT2D eigenvalue weighted by molar-refractivity contribution is 5.97. The summed E-state index contributed by atoms with van der Waals surface area (Å²) in [6, 6.07) is 18.0. The molecule has 0 amide bonds.